The van der Waals surface area contributed by atoms with E-state index in [2.05, 4.69) is 10.1 Å². The lowest BCUT2D eigenvalue weighted by Crippen LogP contribution is -2.16. The molecule has 0 saturated heterocycles. The van der Waals surface area contributed by atoms with Crippen molar-refractivity contribution in [2.45, 2.75) is 0 Å². The highest BCUT2D eigenvalue weighted by Gasteiger charge is 2.01. The maximum atomic E-state index is 7.56. The van der Waals surface area contributed by atoms with Gasteiger partial charge in [0, 0.05) is 0 Å². The fourth-order valence-corrected chi connectivity index (χ4v) is 1.27. The van der Waals surface area contributed by atoms with Crippen LogP contribution in [0.1, 0.15) is 0 Å². The first-order valence-corrected chi connectivity index (χ1v) is 4.34. The van der Waals surface area contributed by atoms with Crippen LogP contribution in [-0.2, 0) is 0 Å². The Morgan fingerprint density at radius 1 is 1.40 bits per heavy atom. The zero-order chi connectivity index (χ0) is 10.8. The molecule has 2 aromatic rings. The molecule has 6 nitrogen and oxygen atoms in total. The van der Waals surface area contributed by atoms with Crippen molar-refractivity contribution in [3.63, 3.8) is 0 Å². The van der Waals surface area contributed by atoms with Crippen LogP contribution in [0.25, 0.3) is 5.69 Å². The summed E-state index contributed by atoms with van der Waals surface area (Å²) in [6, 6.07) is 7.20. The Morgan fingerprint density at radius 3 is 2.53 bits per heavy atom. The molecule has 2 rings (SSSR count). The van der Waals surface area contributed by atoms with Gasteiger partial charge < -0.3 is 10.5 Å². The average Bonchev–Trinajstić information content (AvgIpc) is 2.58. The highest BCUT2D eigenvalue weighted by molar-refractivity contribution is 5.36. The lowest BCUT2D eigenvalue weighted by atomic mass is 10.3. The van der Waals surface area contributed by atoms with E-state index in [0.29, 0.717) is 0 Å². The van der Waals surface area contributed by atoms with Crippen molar-refractivity contribution in [3.05, 3.63) is 29.9 Å². The van der Waals surface area contributed by atoms with Gasteiger partial charge in [0.05, 0.1) is 12.8 Å². The van der Waals surface area contributed by atoms with Crippen LogP contribution < -0.4 is 16.1 Å². The molecule has 15 heavy (non-hydrogen) atoms. The molecule has 1 aromatic heterocycles. The third kappa shape index (κ3) is 1.69. The molecular formula is C9H11N5O. The smallest absolute Gasteiger partial charge is 0.223 e. The van der Waals surface area contributed by atoms with Gasteiger partial charge in [0.2, 0.25) is 11.6 Å². The van der Waals surface area contributed by atoms with Crippen molar-refractivity contribution in [3.8, 4) is 11.4 Å². The summed E-state index contributed by atoms with van der Waals surface area (Å²) >= 11 is 0. The topological polar surface area (TPSA) is 92.7 Å². The third-order valence-corrected chi connectivity index (χ3v) is 1.98. The molecule has 0 aliphatic rings. The van der Waals surface area contributed by atoms with Gasteiger partial charge in [0.1, 0.15) is 5.75 Å². The second-order valence-corrected chi connectivity index (χ2v) is 2.97. The highest BCUT2D eigenvalue weighted by Crippen LogP contribution is 2.12. The molecule has 4 N–H and O–H groups in total. The molecule has 1 heterocycles. The maximum Gasteiger partial charge on any atom is 0.223 e. The van der Waals surface area contributed by atoms with Crippen LogP contribution in [0, 0.1) is 5.41 Å². The second kappa shape index (κ2) is 3.49. The van der Waals surface area contributed by atoms with Crippen molar-refractivity contribution >= 4 is 5.95 Å². The summed E-state index contributed by atoms with van der Waals surface area (Å²) in [5.41, 5.74) is 6.34. The van der Waals surface area contributed by atoms with E-state index in [1.54, 1.807) is 31.4 Å². The van der Waals surface area contributed by atoms with Gasteiger partial charge >= 0.3 is 0 Å². The van der Waals surface area contributed by atoms with Crippen LogP contribution in [-0.4, -0.2) is 21.9 Å². The summed E-state index contributed by atoms with van der Waals surface area (Å²) in [5.74, 6) is 0.977. The van der Waals surface area contributed by atoms with Gasteiger partial charge in [-0.2, -0.15) is 4.68 Å². The number of H-pyrrole nitrogens is 1. The van der Waals surface area contributed by atoms with Crippen molar-refractivity contribution in [1.29, 1.82) is 5.41 Å². The minimum Gasteiger partial charge on any atom is -0.497 e. The Labute approximate surface area is 85.8 Å². The van der Waals surface area contributed by atoms with Gasteiger partial charge in [-0.3, -0.25) is 10.4 Å². The molecule has 0 fully saturated rings. The predicted molar refractivity (Wildman–Crippen MR) is 54.7 cm³/mol. The van der Waals surface area contributed by atoms with E-state index in [1.165, 1.54) is 4.68 Å². The minimum absolute atomic E-state index is 0.137. The Hall–Kier alpha value is -2.24. The zero-order valence-corrected chi connectivity index (χ0v) is 8.19. The SMILES string of the molecule is COc1ccc(-n2nc(N)[nH]c2=N)cc1. The number of anilines is 1. The number of nitrogen functional groups attached to an aromatic ring is 1. The van der Waals surface area contributed by atoms with Crippen molar-refractivity contribution in [1.82, 2.24) is 14.8 Å². The molecule has 0 unspecified atom stereocenters. The summed E-state index contributed by atoms with van der Waals surface area (Å²) in [4.78, 5) is 2.60. The molecule has 0 saturated carbocycles. The van der Waals surface area contributed by atoms with Crippen LogP contribution in [0.2, 0.25) is 0 Å². The summed E-state index contributed by atoms with van der Waals surface area (Å²) in [5, 5.41) is 11.5. The van der Waals surface area contributed by atoms with E-state index in [-0.39, 0.29) is 11.6 Å². The zero-order valence-electron chi connectivity index (χ0n) is 8.19. The van der Waals surface area contributed by atoms with Gasteiger partial charge in [-0.05, 0) is 24.3 Å². The number of nitrogens with zero attached hydrogens (tertiary/aromatic N) is 2. The monoisotopic (exact) mass is 205 g/mol. The molecule has 78 valence electrons. The first kappa shape index (κ1) is 9.32. The standard InChI is InChI=1S/C9H11N5O/c1-15-7-4-2-6(3-5-7)14-9(11)12-8(10)13-14/h2-5H,1H3,(H4,10,11,12,13). The number of nitrogens with one attached hydrogen (secondary N) is 2. The molecule has 6 heteroatoms. The van der Waals surface area contributed by atoms with Gasteiger partial charge in [0.15, 0.2) is 0 Å². The van der Waals surface area contributed by atoms with E-state index in [0.717, 1.165) is 11.4 Å². The molecule has 0 aliphatic heterocycles. The predicted octanol–water partition coefficient (Wildman–Crippen LogP) is 0.271. The molecule has 0 aliphatic carbocycles. The Bertz CT molecular complexity index is 510. The molecule has 0 spiro atoms. The van der Waals surface area contributed by atoms with E-state index in [1.807, 2.05) is 0 Å². The molecule has 0 radical (unpaired) electrons. The summed E-state index contributed by atoms with van der Waals surface area (Å²) in [6.07, 6.45) is 0. The number of aromatic nitrogens is 3. The largest absolute Gasteiger partial charge is 0.497 e. The first-order valence-electron chi connectivity index (χ1n) is 4.34. The lowest BCUT2D eigenvalue weighted by molar-refractivity contribution is 0.414. The summed E-state index contributed by atoms with van der Waals surface area (Å²) < 4.78 is 6.44. The van der Waals surface area contributed by atoms with Crippen LogP contribution in [0.3, 0.4) is 0 Å². The lowest BCUT2D eigenvalue weighted by Gasteiger charge is -2.02. The number of hydrogen-bond acceptors (Lipinski definition) is 4. The number of nitrogens with two attached hydrogens (primary N) is 1. The molecule has 1 aromatic carbocycles. The second-order valence-electron chi connectivity index (χ2n) is 2.97. The van der Waals surface area contributed by atoms with E-state index < -0.39 is 0 Å². The summed E-state index contributed by atoms with van der Waals surface area (Å²) in [6.45, 7) is 0. The van der Waals surface area contributed by atoms with Crippen molar-refractivity contribution < 1.29 is 4.74 Å². The van der Waals surface area contributed by atoms with E-state index in [4.69, 9.17) is 15.9 Å². The fourth-order valence-electron chi connectivity index (χ4n) is 1.27. The van der Waals surface area contributed by atoms with Gasteiger partial charge in [-0.15, -0.1) is 5.10 Å². The number of ether oxygens (including phenoxy) is 1. The number of rotatable bonds is 2. The number of hydrogen-bond donors (Lipinski definition) is 3. The third-order valence-electron chi connectivity index (χ3n) is 1.98. The Balaban J connectivity index is 2.45. The van der Waals surface area contributed by atoms with Gasteiger partial charge in [-0.1, -0.05) is 0 Å². The first-order chi connectivity index (χ1) is 7.20. The van der Waals surface area contributed by atoms with Crippen molar-refractivity contribution in [2.24, 2.45) is 0 Å². The highest BCUT2D eigenvalue weighted by atomic mass is 16.5. The van der Waals surface area contributed by atoms with E-state index in [9.17, 15) is 0 Å². The summed E-state index contributed by atoms with van der Waals surface area (Å²) in [7, 11) is 1.60. The number of aromatic amines is 1. The van der Waals surface area contributed by atoms with Gasteiger partial charge in [-0.25, -0.2) is 0 Å². The Kier molecular flexibility index (Phi) is 2.17. The number of benzene rings is 1. The number of methoxy groups -OCH3 is 1. The maximum absolute atomic E-state index is 7.56. The van der Waals surface area contributed by atoms with Crippen molar-refractivity contribution in [2.75, 3.05) is 12.8 Å². The van der Waals surface area contributed by atoms with Crippen LogP contribution in [0.4, 0.5) is 5.95 Å². The molecule has 0 amide bonds. The minimum atomic E-state index is 0.137. The van der Waals surface area contributed by atoms with Gasteiger partial charge in [0.25, 0.3) is 0 Å². The quantitative estimate of drug-likeness (QED) is 0.657. The van der Waals surface area contributed by atoms with E-state index >= 15 is 0 Å². The van der Waals surface area contributed by atoms with Crippen LogP contribution in [0.5, 0.6) is 5.75 Å². The fraction of sp³-hybridized carbons (Fsp3) is 0.111. The average molecular weight is 205 g/mol. The van der Waals surface area contributed by atoms with Crippen LogP contribution in [0.15, 0.2) is 24.3 Å². The Morgan fingerprint density at radius 2 is 2.07 bits per heavy atom. The normalized spacial score (nSPS) is 10.2. The molecule has 0 bridgehead atoms. The van der Waals surface area contributed by atoms with Crippen LogP contribution >= 0.6 is 0 Å². The molecular weight excluding hydrogens is 194 g/mol. The molecule has 0 atom stereocenters.